The van der Waals surface area contributed by atoms with Crippen LogP contribution in [-0.4, -0.2) is 51.0 Å². The van der Waals surface area contributed by atoms with Crippen molar-refractivity contribution in [2.45, 2.75) is 25.3 Å². The number of likely N-dealkylation sites (tertiary alicyclic amines) is 2. The minimum atomic E-state index is -0.748. The molecule has 5 rings (SSSR count). The van der Waals surface area contributed by atoms with Gasteiger partial charge in [0.1, 0.15) is 5.82 Å². The van der Waals surface area contributed by atoms with Gasteiger partial charge in [0.15, 0.2) is 0 Å². The predicted octanol–water partition coefficient (Wildman–Crippen LogP) is 3.61. The second kappa shape index (κ2) is 8.46. The van der Waals surface area contributed by atoms with E-state index < -0.39 is 11.2 Å². The molecule has 0 unspecified atom stereocenters. The Bertz CT molecular complexity index is 1180. The zero-order chi connectivity index (χ0) is 23.0. The molecule has 0 saturated carbocycles. The number of hydrogen-bond acceptors (Lipinski definition) is 3. The van der Waals surface area contributed by atoms with Crippen LogP contribution >= 0.6 is 0 Å². The Morgan fingerprint density at radius 2 is 1.88 bits per heavy atom. The van der Waals surface area contributed by atoms with Gasteiger partial charge in [-0.05, 0) is 36.6 Å². The molecular weight excluding hydrogens is 419 g/mol. The van der Waals surface area contributed by atoms with Gasteiger partial charge in [0.25, 0.3) is 5.91 Å². The zero-order valence-electron chi connectivity index (χ0n) is 18.7. The van der Waals surface area contributed by atoms with Crippen molar-refractivity contribution in [3.8, 4) is 0 Å². The van der Waals surface area contributed by atoms with Crippen molar-refractivity contribution in [3.05, 3.63) is 89.5 Å². The number of rotatable bonds is 4. The number of benzene rings is 2. The van der Waals surface area contributed by atoms with Crippen molar-refractivity contribution in [1.29, 1.82) is 0 Å². The Labute approximate surface area is 192 Å². The number of hydrogen-bond donors (Lipinski definition) is 0. The molecule has 2 aliphatic rings. The molecule has 0 radical (unpaired) electrons. The predicted molar refractivity (Wildman–Crippen MR) is 122 cm³/mol. The average Bonchev–Trinajstić information content (AvgIpc) is 3.41. The molecule has 2 atom stereocenters. The van der Waals surface area contributed by atoms with Gasteiger partial charge in [-0.2, -0.15) is 5.10 Å². The summed E-state index contributed by atoms with van der Waals surface area (Å²) in [6, 6.07) is 17.9. The van der Waals surface area contributed by atoms with E-state index in [2.05, 4.69) is 5.10 Å². The van der Waals surface area contributed by atoms with Crippen LogP contribution in [0.25, 0.3) is 0 Å². The van der Waals surface area contributed by atoms with Crippen LogP contribution in [0.2, 0.25) is 0 Å². The molecule has 6 nitrogen and oxygen atoms in total. The van der Waals surface area contributed by atoms with Crippen molar-refractivity contribution in [1.82, 2.24) is 19.6 Å². The molecule has 0 bridgehead atoms. The van der Waals surface area contributed by atoms with Gasteiger partial charge in [-0.1, -0.05) is 42.5 Å². The fourth-order valence-corrected chi connectivity index (χ4v) is 5.51. The Hall–Kier alpha value is -3.48. The minimum Gasteiger partial charge on any atom is -0.338 e. The summed E-state index contributed by atoms with van der Waals surface area (Å²) in [4.78, 5) is 30.9. The number of aryl methyl sites for hydroxylation is 1. The summed E-state index contributed by atoms with van der Waals surface area (Å²) in [6.07, 6.45) is 3.27. The Balaban J connectivity index is 1.50. The van der Waals surface area contributed by atoms with Crippen molar-refractivity contribution < 1.29 is 14.0 Å². The van der Waals surface area contributed by atoms with Crippen LogP contribution in [0.1, 0.15) is 40.4 Å². The summed E-state index contributed by atoms with van der Waals surface area (Å²) in [5.74, 6) is -1.05. The molecule has 2 fully saturated rings. The maximum Gasteiger partial charge on any atom is 0.256 e. The van der Waals surface area contributed by atoms with E-state index in [1.807, 2.05) is 48.3 Å². The van der Waals surface area contributed by atoms with E-state index in [4.69, 9.17) is 0 Å². The van der Waals surface area contributed by atoms with Gasteiger partial charge < -0.3 is 9.80 Å². The van der Waals surface area contributed by atoms with Crippen LogP contribution in [0.3, 0.4) is 0 Å². The van der Waals surface area contributed by atoms with E-state index in [0.29, 0.717) is 26.1 Å². The molecule has 2 saturated heterocycles. The summed E-state index contributed by atoms with van der Waals surface area (Å²) >= 11 is 0. The SMILES string of the molecule is Cn1nccc1[C@@H]1CN(C(=O)c2ccccc2F)C[C@]12CCCN(Cc1ccccc1)C2=O. The zero-order valence-corrected chi connectivity index (χ0v) is 18.7. The quantitative estimate of drug-likeness (QED) is 0.615. The Kier molecular flexibility index (Phi) is 5.48. The van der Waals surface area contributed by atoms with Crippen molar-refractivity contribution >= 4 is 11.8 Å². The van der Waals surface area contributed by atoms with Crippen LogP contribution in [0, 0.1) is 11.2 Å². The molecular formula is C26H27FN4O2. The summed E-state index contributed by atoms with van der Waals surface area (Å²) in [7, 11) is 1.86. The monoisotopic (exact) mass is 446 g/mol. The van der Waals surface area contributed by atoms with Gasteiger partial charge in [-0.15, -0.1) is 0 Å². The molecule has 2 aromatic carbocycles. The molecule has 0 aliphatic carbocycles. The third-order valence-corrected chi connectivity index (χ3v) is 7.13. The number of carbonyl (C=O) groups excluding carboxylic acids is 2. The van der Waals surface area contributed by atoms with Gasteiger partial charge in [0.05, 0.1) is 11.0 Å². The van der Waals surface area contributed by atoms with Gasteiger partial charge >= 0.3 is 0 Å². The Morgan fingerprint density at radius 3 is 2.61 bits per heavy atom. The summed E-state index contributed by atoms with van der Waals surface area (Å²) in [5, 5.41) is 4.32. The molecule has 0 N–H and O–H groups in total. The van der Waals surface area contributed by atoms with Gasteiger partial charge in [0, 0.05) is 51.0 Å². The van der Waals surface area contributed by atoms with E-state index in [0.717, 1.165) is 17.7 Å². The first kappa shape index (κ1) is 21.4. The smallest absolute Gasteiger partial charge is 0.256 e. The average molecular weight is 447 g/mol. The number of piperidine rings is 1. The van der Waals surface area contributed by atoms with Crippen LogP contribution in [0.4, 0.5) is 4.39 Å². The van der Waals surface area contributed by atoms with Crippen molar-refractivity contribution in [2.24, 2.45) is 12.5 Å². The highest BCUT2D eigenvalue weighted by molar-refractivity contribution is 5.96. The van der Waals surface area contributed by atoms with Gasteiger partial charge in [0.2, 0.25) is 5.91 Å². The first-order chi connectivity index (χ1) is 16.0. The largest absolute Gasteiger partial charge is 0.338 e. The molecule has 3 heterocycles. The lowest BCUT2D eigenvalue weighted by atomic mass is 9.70. The maximum atomic E-state index is 14.4. The molecule has 2 aliphatic heterocycles. The molecule has 2 amide bonds. The first-order valence-corrected chi connectivity index (χ1v) is 11.3. The fourth-order valence-electron chi connectivity index (χ4n) is 5.51. The van der Waals surface area contributed by atoms with E-state index in [-0.39, 0.29) is 29.8 Å². The number of halogens is 1. The molecule has 1 aromatic heterocycles. The van der Waals surface area contributed by atoms with E-state index in [9.17, 15) is 14.0 Å². The highest BCUT2D eigenvalue weighted by atomic mass is 19.1. The van der Waals surface area contributed by atoms with E-state index >= 15 is 0 Å². The van der Waals surface area contributed by atoms with Crippen LogP contribution < -0.4 is 0 Å². The third-order valence-electron chi connectivity index (χ3n) is 7.13. The van der Waals surface area contributed by atoms with Crippen molar-refractivity contribution in [2.75, 3.05) is 19.6 Å². The van der Waals surface area contributed by atoms with Gasteiger partial charge in [-0.25, -0.2) is 4.39 Å². The maximum absolute atomic E-state index is 14.4. The fraction of sp³-hybridized carbons (Fsp3) is 0.346. The third kappa shape index (κ3) is 3.71. The van der Waals surface area contributed by atoms with Crippen LogP contribution in [-0.2, 0) is 18.4 Å². The van der Waals surface area contributed by atoms with Crippen molar-refractivity contribution in [3.63, 3.8) is 0 Å². The molecule has 170 valence electrons. The van der Waals surface area contributed by atoms with Crippen LogP contribution in [0.5, 0.6) is 0 Å². The lowest BCUT2D eigenvalue weighted by Crippen LogP contribution is -2.52. The van der Waals surface area contributed by atoms with E-state index in [1.165, 1.54) is 12.1 Å². The highest BCUT2D eigenvalue weighted by Gasteiger charge is 2.57. The highest BCUT2D eigenvalue weighted by Crippen LogP contribution is 2.49. The molecule has 7 heteroatoms. The number of nitrogens with zero attached hydrogens (tertiary/aromatic N) is 4. The van der Waals surface area contributed by atoms with Crippen LogP contribution in [0.15, 0.2) is 66.9 Å². The summed E-state index contributed by atoms with van der Waals surface area (Å²) in [6.45, 7) is 1.87. The number of carbonyl (C=O) groups is 2. The summed E-state index contributed by atoms with van der Waals surface area (Å²) in [5.41, 5.74) is 1.30. The topological polar surface area (TPSA) is 58.4 Å². The molecule has 3 aromatic rings. The molecule has 33 heavy (non-hydrogen) atoms. The first-order valence-electron chi connectivity index (χ1n) is 11.3. The lowest BCUT2D eigenvalue weighted by Gasteiger charge is -2.42. The Morgan fingerprint density at radius 1 is 1.12 bits per heavy atom. The second-order valence-corrected chi connectivity index (χ2v) is 9.07. The normalized spacial score (nSPS) is 22.8. The molecule has 1 spiro atoms. The van der Waals surface area contributed by atoms with Gasteiger partial charge in [-0.3, -0.25) is 14.3 Å². The standard InChI is InChI=1S/C26H27FN4O2/c1-29-23(12-14-28-29)21-17-31(24(32)20-10-5-6-11-22(20)27)18-26(21)13-7-15-30(25(26)33)16-19-8-3-2-4-9-19/h2-6,8-12,14,21H,7,13,15-18H2,1H3/t21-,26+/m0/s1. The number of aromatic nitrogens is 2. The minimum absolute atomic E-state index is 0.0442. The summed E-state index contributed by atoms with van der Waals surface area (Å²) < 4.78 is 16.2. The van der Waals surface area contributed by atoms with E-state index in [1.54, 1.807) is 27.9 Å². The second-order valence-electron chi connectivity index (χ2n) is 9.07. The lowest BCUT2D eigenvalue weighted by molar-refractivity contribution is -0.147. The number of amides is 2.